The van der Waals surface area contributed by atoms with Gasteiger partial charge >= 0.3 is 6.18 Å². The normalized spacial score (nSPS) is 18.1. The summed E-state index contributed by atoms with van der Waals surface area (Å²) in [5.74, 6) is -0.180. The van der Waals surface area contributed by atoms with E-state index in [9.17, 15) is 18.0 Å². The Kier molecular flexibility index (Phi) is 8.32. The number of thioether (sulfide) groups is 1. The van der Waals surface area contributed by atoms with Crippen LogP contribution in [0.15, 0.2) is 47.6 Å². The first-order valence-electron chi connectivity index (χ1n) is 13.1. The third-order valence-corrected chi connectivity index (χ3v) is 9.70. The predicted octanol–water partition coefficient (Wildman–Crippen LogP) is 6.22. The average molecular weight is 577 g/mol. The van der Waals surface area contributed by atoms with E-state index in [2.05, 4.69) is 39.2 Å². The molecule has 3 aromatic rings. The van der Waals surface area contributed by atoms with Crippen molar-refractivity contribution >= 4 is 29.0 Å². The molecule has 1 atom stereocenters. The summed E-state index contributed by atoms with van der Waals surface area (Å²) in [4.78, 5) is 25.3. The van der Waals surface area contributed by atoms with E-state index in [-0.39, 0.29) is 11.9 Å². The van der Waals surface area contributed by atoms with Gasteiger partial charge in [-0.2, -0.15) is 13.2 Å². The van der Waals surface area contributed by atoms with Crippen molar-refractivity contribution in [1.29, 1.82) is 0 Å². The molecule has 0 bridgehead atoms. The van der Waals surface area contributed by atoms with Crippen LogP contribution in [-0.4, -0.2) is 46.2 Å². The summed E-state index contributed by atoms with van der Waals surface area (Å²) in [5, 5.41) is 3.05. The molecule has 1 aromatic carbocycles. The number of aromatic nitrogens is 2. The number of amides is 1. The van der Waals surface area contributed by atoms with Gasteiger partial charge in [0.1, 0.15) is 5.60 Å². The van der Waals surface area contributed by atoms with E-state index < -0.39 is 17.6 Å². The lowest BCUT2D eigenvalue weighted by Gasteiger charge is -2.45. The Hall–Kier alpha value is -2.47. The van der Waals surface area contributed by atoms with Gasteiger partial charge in [0.25, 0.3) is 5.91 Å². The van der Waals surface area contributed by atoms with Crippen LogP contribution in [0.3, 0.4) is 0 Å². The van der Waals surface area contributed by atoms with E-state index in [0.717, 1.165) is 35.5 Å². The first-order chi connectivity index (χ1) is 18.7. The van der Waals surface area contributed by atoms with Crippen LogP contribution in [-0.2, 0) is 29.5 Å². The van der Waals surface area contributed by atoms with Crippen molar-refractivity contribution in [3.05, 3.63) is 75.0 Å². The van der Waals surface area contributed by atoms with Gasteiger partial charge in [-0.3, -0.25) is 9.69 Å². The number of ether oxygens (including phenoxy) is 1. The third-order valence-electron chi connectivity index (χ3n) is 7.44. The van der Waals surface area contributed by atoms with Crippen LogP contribution in [0.5, 0.6) is 0 Å². The number of benzene rings is 1. The number of nitrogens with one attached hydrogen (secondary N) is 1. The number of alkyl halides is 3. The first-order valence-corrected chi connectivity index (χ1v) is 14.9. The number of hydrogen-bond donors (Lipinski definition) is 1. The zero-order valence-electron chi connectivity index (χ0n) is 21.9. The second-order valence-corrected chi connectivity index (χ2v) is 12.3. The molecule has 2 aliphatic rings. The van der Waals surface area contributed by atoms with E-state index in [0.29, 0.717) is 36.7 Å². The van der Waals surface area contributed by atoms with Gasteiger partial charge < -0.3 is 10.1 Å². The highest BCUT2D eigenvalue weighted by atomic mass is 32.2. The molecule has 39 heavy (non-hydrogen) atoms. The Morgan fingerprint density at radius 3 is 2.54 bits per heavy atom. The Morgan fingerprint density at radius 1 is 1.21 bits per heavy atom. The van der Waals surface area contributed by atoms with Crippen LogP contribution in [0.2, 0.25) is 0 Å². The van der Waals surface area contributed by atoms with Crippen molar-refractivity contribution < 1.29 is 22.7 Å². The highest BCUT2D eigenvalue weighted by Gasteiger charge is 2.43. The number of rotatable bonds is 7. The minimum absolute atomic E-state index is 0.0788. The number of hydrogen-bond acceptors (Lipinski definition) is 7. The summed E-state index contributed by atoms with van der Waals surface area (Å²) < 4.78 is 44.9. The number of carbonyl (C=O) groups excluding carboxylic acids is 1. The van der Waals surface area contributed by atoms with E-state index in [1.807, 2.05) is 25.1 Å². The Balaban J connectivity index is 1.22. The third kappa shape index (κ3) is 6.16. The molecular weight excluding hydrogens is 545 g/mol. The van der Waals surface area contributed by atoms with Gasteiger partial charge in [-0.05, 0) is 61.3 Å². The van der Waals surface area contributed by atoms with Crippen molar-refractivity contribution in [2.24, 2.45) is 0 Å². The second kappa shape index (κ2) is 11.6. The summed E-state index contributed by atoms with van der Waals surface area (Å²) in [6.45, 7) is 6.59. The van der Waals surface area contributed by atoms with Gasteiger partial charge in [0.05, 0.1) is 11.5 Å². The summed E-state index contributed by atoms with van der Waals surface area (Å²) in [7, 11) is 0. The standard InChI is InChI=1S/C28H31F3N4O2S2/c1-3-38-22-6-4-19(5-7-22)15-32-25(36)23-14-20-8-13-37-27(24(20)39-23)9-11-35(12-10-27)18(2)21-16-33-26(34-17-21)28(29,30)31/h4-7,14,16-18H,3,8-13,15H2,1-2H3,(H,32,36). The summed E-state index contributed by atoms with van der Waals surface area (Å²) in [6, 6.07) is 10.1. The fourth-order valence-corrected chi connectivity index (χ4v) is 7.22. The van der Waals surface area contributed by atoms with Gasteiger partial charge in [0.2, 0.25) is 5.82 Å². The highest BCUT2D eigenvalue weighted by Crippen LogP contribution is 2.46. The lowest BCUT2D eigenvalue weighted by Crippen LogP contribution is -2.46. The number of nitrogens with zero attached hydrogens (tertiary/aromatic N) is 3. The highest BCUT2D eigenvalue weighted by molar-refractivity contribution is 7.99. The monoisotopic (exact) mass is 576 g/mol. The molecule has 5 rings (SSSR count). The molecular formula is C28H31F3N4O2S2. The molecule has 4 heterocycles. The number of piperidine rings is 1. The van der Waals surface area contributed by atoms with Crippen LogP contribution in [0.1, 0.15) is 69.8 Å². The van der Waals surface area contributed by atoms with E-state index in [1.54, 1.807) is 11.8 Å². The van der Waals surface area contributed by atoms with E-state index >= 15 is 0 Å². The average Bonchev–Trinajstić information content (AvgIpc) is 3.39. The van der Waals surface area contributed by atoms with Crippen LogP contribution < -0.4 is 5.32 Å². The summed E-state index contributed by atoms with van der Waals surface area (Å²) in [6.07, 6.45) is 0.252. The van der Waals surface area contributed by atoms with Crippen LogP contribution in [0.4, 0.5) is 13.2 Å². The van der Waals surface area contributed by atoms with Gasteiger partial charge in [0.15, 0.2) is 0 Å². The Bertz CT molecular complexity index is 1290. The SMILES string of the molecule is CCSc1ccc(CNC(=O)c2cc3c(s2)C2(CCN(C(C)c4cnc(C(F)(F)F)nc4)CC2)OCC3)cc1. The van der Waals surface area contributed by atoms with Crippen molar-refractivity contribution in [2.75, 3.05) is 25.4 Å². The molecule has 2 aliphatic heterocycles. The molecule has 0 saturated carbocycles. The minimum atomic E-state index is -4.55. The Labute approximate surface area is 234 Å². The van der Waals surface area contributed by atoms with E-state index in [4.69, 9.17) is 4.74 Å². The zero-order valence-corrected chi connectivity index (χ0v) is 23.5. The van der Waals surface area contributed by atoms with Gasteiger partial charge in [-0.15, -0.1) is 23.1 Å². The van der Waals surface area contributed by atoms with Crippen molar-refractivity contribution in [3.63, 3.8) is 0 Å². The molecule has 208 valence electrons. The van der Waals surface area contributed by atoms with Crippen molar-refractivity contribution in [3.8, 4) is 0 Å². The molecule has 1 N–H and O–H groups in total. The van der Waals surface area contributed by atoms with Crippen LogP contribution in [0.25, 0.3) is 0 Å². The quantitative estimate of drug-likeness (QED) is 0.337. The topological polar surface area (TPSA) is 67.4 Å². The summed E-state index contributed by atoms with van der Waals surface area (Å²) >= 11 is 3.31. The lowest BCUT2D eigenvalue weighted by atomic mass is 9.84. The maximum absolute atomic E-state index is 13.0. The summed E-state index contributed by atoms with van der Waals surface area (Å²) in [5.41, 5.74) is 2.45. The Morgan fingerprint density at radius 2 is 1.90 bits per heavy atom. The van der Waals surface area contributed by atoms with E-state index in [1.165, 1.54) is 34.2 Å². The number of thiophene rings is 1. The molecule has 1 unspecified atom stereocenters. The first kappa shape index (κ1) is 28.1. The molecule has 1 spiro atoms. The molecule has 1 amide bonds. The van der Waals surface area contributed by atoms with Crippen LogP contribution >= 0.6 is 23.1 Å². The molecule has 0 aliphatic carbocycles. The maximum atomic E-state index is 13.0. The van der Waals surface area contributed by atoms with Gasteiger partial charge in [0, 0.05) is 53.4 Å². The lowest BCUT2D eigenvalue weighted by molar-refractivity contribution is -0.145. The van der Waals surface area contributed by atoms with Crippen LogP contribution in [0, 0.1) is 0 Å². The fraction of sp³-hybridized carbons (Fsp3) is 0.464. The van der Waals surface area contributed by atoms with Gasteiger partial charge in [-0.1, -0.05) is 19.1 Å². The largest absolute Gasteiger partial charge is 0.451 e. The number of likely N-dealkylation sites (tertiary alicyclic amines) is 1. The molecule has 1 saturated heterocycles. The maximum Gasteiger partial charge on any atom is 0.451 e. The fourth-order valence-electron chi connectivity index (χ4n) is 5.23. The molecule has 11 heteroatoms. The molecule has 0 radical (unpaired) electrons. The second-order valence-electron chi connectivity index (χ2n) is 9.87. The molecule has 2 aromatic heterocycles. The van der Waals surface area contributed by atoms with Crippen molar-refractivity contribution in [2.45, 2.75) is 62.4 Å². The molecule has 1 fully saturated rings. The smallest absolute Gasteiger partial charge is 0.369 e. The number of carbonyl (C=O) groups is 1. The number of fused-ring (bicyclic) bond motifs is 2. The zero-order chi connectivity index (χ0) is 27.6. The van der Waals surface area contributed by atoms with Gasteiger partial charge in [-0.25, -0.2) is 9.97 Å². The van der Waals surface area contributed by atoms with Crippen molar-refractivity contribution in [1.82, 2.24) is 20.2 Å². The molecule has 6 nitrogen and oxygen atoms in total. The minimum Gasteiger partial charge on any atom is -0.369 e. The number of halogens is 3. The predicted molar refractivity (Wildman–Crippen MR) is 146 cm³/mol.